The van der Waals surface area contributed by atoms with Gasteiger partial charge in [-0.3, -0.25) is 4.79 Å². The van der Waals surface area contributed by atoms with Gasteiger partial charge in [-0.2, -0.15) is 0 Å². The Morgan fingerprint density at radius 1 is 1.22 bits per heavy atom. The number of pyridine rings is 1. The fourth-order valence-corrected chi connectivity index (χ4v) is 2.26. The standard InChI is InChI=1S/C16H21NO/c1-6-13-10(2)15(18)12-9-11(16(3,4)5)7-8-14(12)17-13/h7-9H,6H2,1-5H3,(H,17,18). The minimum Gasteiger partial charge on any atom is -0.358 e. The van der Waals surface area contributed by atoms with E-state index in [2.05, 4.69) is 38.7 Å². The second-order valence-electron chi connectivity index (χ2n) is 5.92. The molecule has 0 spiro atoms. The molecule has 1 aromatic carbocycles. The van der Waals surface area contributed by atoms with E-state index in [0.29, 0.717) is 0 Å². The molecule has 2 aromatic rings. The van der Waals surface area contributed by atoms with Gasteiger partial charge >= 0.3 is 0 Å². The van der Waals surface area contributed by atoms with Crippen LogP contribution in [0.5, 0.6) is 0 Å². The van der Waals surface area contributed by atoms with Gasteiger partial charge < -0.3 is 4.98 Å². The number of fused-ring (bicyclic) bond motifs is 1. The molecule has 0 saturated heterocycles. The minimum absolute atomic E-state index is 0.0674. The monoisotopic (exact) mass is 243 g/mol. The summed E-state index contributed by atoms with van der Waals surface area (Å²) in [7, 11) is 0. The van der Waals surface area contributed by atoms with Gasteiger partial charge in [-0.15, -0.1) is 0 Å². The van der Waals surface area contributed by atoms with Gasteiger partial charge in [-0.25, -0.2) is 0 Å². The van der Waals surface area contributed by atoms with Crippen LogP contribution in [0.25, 0.3) is 10.9 Å². The van der Waals surface area contributed by atoms with E-state index >= 15 is 0 Å². The molecule has 1 heterocycles. The second kappa shape index (κ2) is 4.27. The molecule has 0 unspecified atom stereocenters. The second-order valence-corrected chi connectivity index (χ2v) is 5.92. The number of benzene rings is 1. The van der Waals surface area contributed by atoms with Crippen molar-refractivity contribution in [2.45, 2.75) is 46.5 Å². The number of aromatic nitrogens is 1. The Morgan fingerprint density at radius 2 is 1.89 bits per heavy atom. The Morgan fingerprint density at radius 3 is 2.44 bits per heavy atom. The van der Waals surface area contributed by atoms with Gasteiger partial charge in [-0.05, 0) is 36.5 Å². The van der Waals surface area contributed by atoms with Gasteiger partial charge in [0.25, 0.3) is 0 Å². The van der Waals surface area contributed by atoms with Crippen LogP contribution in [0.15, 0.2) is 23.0 Å². The first-order valence-corrected chi connectivity index (χ1v) is 6.50. The Balaban J connectivity index is 2.79. The molecule has 0 saturated carbocycles. The molecule has 0 aliphatic carbocycles. The lowest BCUT2D eigenvalue weighted by molar-refractivity contribution is 0.591. The molecule has 0 fully saturated rings. The van der Waals surface area contributed by atoms with E-state index in [0.717, 1.165) is 28.6 Å². The van der Waals surface area contributed by atoms with E-state index < -0.39 is 0 Å². The molecule has 0 bridgehead atoms. The molecule has 2 rings (SSSR count). The van der Waals surface area contributed by atoms with Crippen molar-refractivity contribution in [3.63, 3.8) is 0 Å². The SMILES string of the molecule is CCc1[nH]c2ccc(C(C)(C)C)cc2c(=O)c1C. The summed E-state index contributed by atoms with van der Waals surface area (Å²) >= 11 is 0. The molecule has 1 aromatic heterocycles. The maximum atomic E-state index is 12.4. The fraction of sp³-hybridized carbons (Fsp3) is 0.438. The fourth-order valence-electron chi connectivity index (χ4n) is 2.26. The molecule has 0 radical (unpaired) electrons. The lowest BCUT2D eigenvalue weighted by atomic mass is 9.86. The van der Waals surface area contributed by atoms with Crippen molar-refractivity contribution in [3.8, 4) is 0 Å². The van der Waals surface area contributed by atoms with Crippen molar-refractivity contribution in [2.75, 3.05) is 0 Å². The summed E-state index contributed by atoms with van der Waals surface area (Å²) < 4.78 is 0. The molecule has 0 aliphatic heterocycles. The Labute approximate surface area is 108 Å². The van der Waals surface area contributed by atoms with Crippen LogP contribution in [-0.2, 0) is 11.8 Å². The third-order valence-electron chi connectivity index (χ3n) is 3.56. The molecule has 96 valence electrons. The highest BCUT2D eigenvalue weighted by Crippen LogP contribution is 2.24. The predicted octanol–water partition coefficient (Wildman–Crippen LogP) is 3.70. The average molecular weight is 243 g/mol. The molecule has 2 heteroatoms. The summed E-state index contributed by atoms with van der Waals surface area (Å²) in [5, 5.41) is 0.803. The summed E-state index contributed by atoms with van der Waals surface area (Å²) in [6.07, 6.45) is 0.859. The quantitative estimate of drug-likeness (QED) is 0.814. The normalized spacial score (nSPS) is 12.1. The molecular formula is C16H21NO. The smallest absolute Gasteiger partial charge is 0.192 e. The highest BCUT2D eigenvalue weighted by Gasteiger charge is 2.15. The summed E-state index contributed by atoms with van der Waals surface area (Å²) in [4.78, 5) is 15.7. The zero-order valence-electron chi connectivity index (χ0n) is 11.8. The Hall–Kier alpha value is -1.57. The Kier molecular flexibility index (Phi) is 3.05. The largest absolute Gasteiger partial charge is 0.358 e. The number of aromatic amines is 1. The van der Waals surface area contributed by atoms with Gasteiger partial charge in [0.2, 0.25) is 0 Å². The van der Waals surface area contributed by atoms with Crippen molar-refractivity contribution in [2.24, 2.45) is 0 Å². The van der Waals surface area contributed by atoms with Crippen LogP contribution in [0.3, 0.4) is 0 Å². The van der Waals surface area contributed by atoms with E-state index in [4.69, 9.17) is 0 Å². The van der Waals surface area contributed by atoms with Gasteiger partial charge in [0, 0.05) is 22.2 Å². The highest BCUT2D eigenvalue weighted by molar-refractivity contribution is 5.80. The maximum Gasteiger partial charge on any atom is 0.192 e. The van der Waals surface area contributed by atoms with Gasteiger partial charge in [0.05, 0.1) is 0 Å². The lowest BCUT2D eigenvalue weighted by Gasteiger charge is -2.19. The first kappa shape index (κ1) is 12.9. The number of hydrogen-bond donors (Lipinski definition) is 1. The summed E-state index contributed by atoms with van der Waals surface area (Å²) in [5.41, 5.74) is 4.25. The first-order valence-electron chi connectivity index (χ1n) is 6.50. The number of nitrogens with one attached hydrogen (secondary N) is 1. The minimum atomic E-state index is 0.0674. The predicted molar refractivity (Wildman–Crippen MR) is 77.4 cm³/mol. The third kappa shape index (κ3) is 2.07. The van der Waals surface area contributed by atoms with Gasteiger partial charge in [-0.1, -0.05) is 33.8 Å². The topological polar surface area (TPSA) is 32.9 Å². The zero-order chi connectivity index (χ0) is 13.5. The van der Waals surface area contributed by atoms with Crippen LogP contribution < -0.4 is 5.43 Å². The zero-order valence-corrected chi connectivity index (χ0v) is 11.8. The van der Waals surface area contributed by atoms with Crippen molar-refractivity contribution >= 4 is 10.9 Å². The van der Waals surface area contributed by atoms with E-state index in [9.17, 15) is 4.79 Å². The van der Waals surface area contributed by atoms with Crippen LogP contribution in [0.4, 0.5) is 0 Å². The highest BCUT2D eigenvalue weighted by atomic mass is 16.1. The average Bonchev–Trinajstić information content (AvgIpc) is 2.32. The molecule has 1 N–H and O–H groups in total. The summed E-state index contributed by atoms with van der Waals surface area (Å²) in [5.74, 6) is 0. The van der Waals surface area contributed by atoms with Crippen LogP contribution in [-0.4, -0.2) is 4.98 Å². The van der Waals surface area contributed by atoms with Crippen LogP contribution in [0, 0.1) is 6.92 Å². The van der Waals surface area contributed by atoms with E-state index in [-0.39, 0.29) is 10.8 Å². The van der Waals surface area contributed by atoms with Crippen molar-refractivity contribution in [1.82, 2.24) is 4.98 Å². The third-order valence-corrected chi connectivity index (χ3v) is 3.56. The molecule has 2 nitrogen and oxygen atoms in total. The van der Waals surface area contributed by atoms with Crippen molar-refractivity contribution < 1.29 is 0 Å². The maximum absolute atomic E-state index is 12.4. The van der Waals surface area contributed by atoms with Crippen LogP contribution in [0.1, 0.15) is 44.5 Å². The van der Waals surface area contributed by atoms with E-state index in [1.54, 1.807) is 0 Å². The molecule has 0 aliphatic rings. The van der Waals surface area contributed by atoms with Crippen molar-refractivity contribution in [1.29, 1.82) is 0 Å². The first-order chi connectivity index (χ1) is 8.34. The molecule has 0 atom stereocenters. The van der Waals surface area contributed by atoms with Crippen LogP contribution >= 0.6 is 0 Å². The summed E-state index contributed by atoms with van der Waals surface area (Å²) in [6, 6.07) is 6.16. The molecule has 18 heavy (non-hydrogen) atoms. The van der Waals surface area contributed by atoms with Crippen LogP contribution in [0.2, 0.25) is 0 Å². The van der Waals surface area contributed by atoms with Crippen molar-refractivity contribution in [3.05, 3.63) is 45.2 Å². The molecule has 0 amide bonds. The number of aryl methyl sites for hydroxylation is 1. The van der Waals surface area contributed by atoms with E-state index in [1.165, 1.54) is 5.56 Å². The number of H-pyrrole nitrogens is 1. The number of rotatable bonds is 1. The summed E-state index contributed by atoms with van der Waals surface area (Å²) in [6.45, 7) is 10.5. The van der Waals surface area contributed by atoms with Gasteiger partial charge in [0.15, 0.2) is 5.43 Å². The number of hydrogen-bond acceptors (Lipinski definition) is 1. The van der Waals surface area contributed by atoms with Gasteiger partial charge in [0.1, 0.15) is 0 Å². The lowest BCUT2D eigenvalue weighted by Crippen LogP contribution is -2.15. The molecular weight excluding hydrogens is 222 g/mol. The Bertz CT molecular complexity index is 644. The van der Waals surface area contributed by atoms with E-state index in [1.807, 2.05) is 19.1 Å².